The Labute approximate surface area is 97.8 Å². The van der Waals surface area contributed by atoms with E-state index in [0.29, 0.717) is 0 Å². The van der Waals surface area contributed by atoms with Crippen molar-refractivity contribution in [2.45, 2.75) is 20.3 Å². The van der Waals surface area contributed by atoms with E-state index in [4.69, 9.17) is 5.11 Å². The molecule has 0 spiro atoms. The second-order valence-corrected chi connectivity index (χ2v) is 4.30. The van der Waals surface area contributed by atoms with Crippen LogP contribution in [0.5, 0.6) is 0 Å². The molecule has 1 aromatic carbocycles. The zero-order valence-electron chi connectivity index (χ0n) is 8.75. The predicted octanol–water partition coefficient (Wildman–Crippen LogP) is 3.64. The van der Waals surface area contributed by atoms with Crippen molar-refractivity contribution in [3.63, 3.8) is 0 Å². The third kappa shape index (κ3) is 3.51. The Bertz CT molecular complexity index is 408. The summed E-state index contributed by atoms with van der Waals surface area (Å²) in [5.74, 6) is -0.803. The van der Waals surface area contributed by atoms with E-state index in [2.05, 4.69) is 15.9 Å². The molecule has 1 rings (SSSR count). The van der Waals surface area contributed by atoms with Crippen molar-refractivity contribution < 1.29 is 9.90 Å². The molecule has 0 atom stereocenters. The zero-order chi connectivity index (χ0) is 11.4. The lowest BCUT2D eigenvalue weighted by molar-refractivity contribution is -0.135. The van der Waals surface area contributed by atoms with E-state index in [1.54, 1.807) is 6.08 Å². The Kier molecular flexibility index (Phi) is 4.09. The number of halogens is 1. The molecule has 3 heteroatoms. The molecular formula is C12H13BrO2. The largest absolute Gasteiger partial charge is 0.481 e. The highest BCUT2D eigenvalue weighted by molar-refractivity contribution is 9.10. The second kappa shape index (κ2) is 5.12. The fraction of sp³-hybridized carbons (Fsp3) is 0.250. The molecule has 0 heterocycles. The number of rotatable bonds is 3. The molecule has 0 aromatic heterocycles. The maximum atomic E-state index is 10.4. The summed E-state index contributed by atoms with van der Waals surface area (Å²) in [4.78, 5) is 10.4. The van der Waals surface area contributed by atoms with Gasteiger partial charge in [-0.25, -0.2) is 0 Å². The van der Waals surface area contributed by atoms with Crippen LogP contribution in [0.1, 0.15) is 24.5 Å². The summed E-state index contributed by atoms with van der Waals surface area (Å²) in [6.45, 7) is 3.93. The number of carboxylic acid groups (broad SMARTS) is 1. The normalized spacial score (nSPS) is 11.5. The molecule has 0 aliphatic heterocycles. The molecule has 0 radical (unpaired) electrons. The Balaban J connectivity index is 2.91. The molecule has 0 bridgehead atoms. The van der Waals surface area contributed by atoms with Crippen molar-refractivity contribution in [3.8, 4) is 0 Å². The van der Waals surface area contributed by atoms with Crippen LogP contribution in [0.4, 0.5) is 0 Å². The molecule has 1 N–H and O–H groups in total. The second-order valence-electron chi connectivity index (χ2n) is 3.45. The summed E-state index contributed by atoms with van der Waals surface area (Å²) in [7, 11) is 0. The summed E-state index contributed by atoms with van der Waals surface area (Å²) in [6, 6.07) is 5.99. The Morgan fingerprint density at radius 3 is 2.73 bits per heavy atom. The molecule has 15 heavy (non-hydrogen) atoms. The number of benzene rings is 1. The Morgan fingerprint density at radius 2 is 2.20 bits per heavy atom. The van der Waals surface area contributed by atoms with Crippen LogP contribution < -0.4 is 0 Å². The van der Waals surface area contributed by atoms with E-state index in [-0.39, 0.29) is 6.42 Å². The molecule has 0 saturated carbocycles. The first-order valence-corrected chi connectivity index (χ1v) is 5.45. The van der Waals surface area contributed by atoms with Gasteiger partial charge in [-0.15, -0.1) is 0 Å². The Morgan fingerprint density at radius 1 is 1.53 bits per heavy atom. The summed E-state index contributed by atoms with van der Waals surface area (Å²) in [6.07, 6.45) is 1.80. The van der Waals surface area contributed by atoms with Crippen molar-refractivity contribution >= 4 is 27.5 Å². The fourth-order valence-electron chi connectivity index (χ4n) is 1.25. The summed E-state index contributed by atoms with van der Waals surface area (Å²) < 4.78 is 1.07. The minimum absolute atomic E-state index is 0.0704. The van der Waals surface area contributed by atoms with Gasteiger partial charge in [-0.1, -0.05) is 34.1 Å². The van der Waals surface area contributed by atoms with Gasteiger partial charge in [0.2, 0.25) is 0 Å². The highest BCUT2D eigenvalue weighted by atomic mass is 79.9. The molecule has 0 saturated heterocycles. The first kappa shape index (κ1) is 12.0. The lowest BCUT2D eigenvalue weighted by atomic mass is 10.0. The van der Waals surface area contributed by atoms with Gasteiger partial charge in [-0.3, -0.25) is 4.79 Å². The van der Waals surface area contributed by atoms with Crippen LogP contribution in [0.3, 0.4) is 0 Å². The minimum atomic E-state index is -0.803. The molecule has 0 fully saturated rings. The number of hydrogen-bond donors (Lipinski definition) is 1. The van der Waals surface area contributed by atoms with E-state index in [1.807, 2.05) is 32.0 Å². The molecule has 80 valence electrons. The van der Waals surface area contributed by atoms with Gasteiger partial charge < -0.3 is 5.11 Å². The topological polar surface area (TPSA) is 37.3 Å². The quantitative estimate of drug-likeness (QED) is 0.909. The number of allylic oxidation sites excluding steroid dienone is 1. The molecule has 2 nitrogen and oxygen atoms in total. The Hall–Kier alpha value is -1.09. The average molecular weight is 269 g/mol. The molecule has 0 amide bonds. The smallest absolute Gasteiger partial charge is 0.307 e. The van der Waals surface area contributed by atoms with Gasteiger partial charge in [0.05, 0.1) is 6.42 Å². The number of carboxylic acids is 1. The molecule has 0 aliphatic carbocycles. The third-order valence-corrected chi connectivity index (χ3v) is 3.09. The lowest BCUT2D eigenvalue weighted by Crippen LogP contribution is -1.91. The predicted molar refractivity (Wildman–Crippen MR) is 64.8 cm³/mol. The van der Waals surface area contributed by atoms with Crippen LogP contribution in [-0.2, 0) is 4.79 Å². The molecular weight excluding hydrogens is 256 g/mol. The van der Waals surface area contributed by atoms with Crippen molar-refractivity contribution in [2.75, 3.05) is 0 Å². The molecule has 0 aliphatic rings. The first-order valence-electron chi connectivity index (χ1n) is 4.66. The maximum Gasteiger partial charge on any atom is 0.307 e. The summed E-state index contributed by atoms with van der Waals surface area (Å²) in [5, 5.41) is 8.56. The van der Waals surface area contributed by atoms with Crippen LogP contribution in [0.25, 0.3) is 5.57 Å². The van der Waals surface area contributed by atoms with Gasteiger partial charge in [0.15, 0.2) is 0 Å². The lowest BCUT2D eigenvalue weighted by Gasteiger charge is -2.04. The standard InChI is InChI=1S/C12H13BrO2/c1-8(3-6-12(14)15)10-4-5-11(13)9(2)7-10/h3-5,7H,6H2,1-2H3,(H,14,15)/b8-3+. The van der Waals surface area contributed by atoms with Crippen molar-refractivity contribution in [1.82, 2.24) is 0 Å². The van der Waals surface area contributed by atoms with E-state index in [1.165, 1.54) is 0 Å². The monoisotopic (exact) mass is 268 g/mol. The van der Waals surface area contributed by atoms with Crippen LogP contribution in [-0.4, -0.2) is 11.1 Å². The van der Waals surface area contributed by atoms with E-state index < -0.39 is 5.97 Å². The third-order valence-electron chi connectivity index (χ3n) is 2.20. The summed E-state index contributed by atoms with van der Waals surface area (Å²) >= 11 is 3.43. The van der Waals surface area contributed by atoms with Crippen molar-refractivity contribution in [2.24, 2.45) is 0 Å². The molecule has 1 aromatic rings. The van der Waals surface area contributed by atoms with Crippen molar-refractivity contribution in [3.05, 3.63) is 39.9 Å². The van der Waals surface area contributed by atoms with Crippen LogP contribution in [0.2, 0.25) is 0 Å². The highest BCUT2D eigenvalue weighted by Crippen LogP contribution is 2.21. The van der Waals surface area contributed by atoms with Gasteiger partial charge in [0.25, 0.3) is 0 Å². The highest BCUT2D eigenvalue weighted by Gasteiger charge is 2.00. The van der Waals surface area contributed by atoms with E-state index in [9.17, 15) is 4.79 Å². The number of hydrogen-bond acceptors (Lipinski definition) is 1. The SMILES string of the molecule is C/C(=C\CC(=O)O)c1ccc(Br)c(C)c1. The van der Waals surface area contributed by atoms with Gasteiger partial charge in [-0.2, -0.15) is 0 Å². The minimum Gasteiger partial charge on any atom is -0.481 e. The van der Waals surface area contributed by atoms with Gasteiger partial charge in [0.1, 0.15) is 0 Å². The summed E-state index contributed by atoms with van der Waals surface area (Å²) in [5.41, 5.74) is 3.21. The van der Waals surface area contributed by atoms with Gasteiger partial charge in [-0.05, 0) is 36.6 Å². The number of carbonyl (C=O) groups is 1. The fourth-order valence-corrected chi connectivity index (χ4v) is 1.49. The van der Waals surface area contributed by atoms with Crippen molar-refractivity contribution in [1.29, 1.82) is 0 Å². The van der Waals surface area contributed by atoms with Crippen LogP contribution >= 0.6 is 15.9 Å². The molecule has 0 unspecified atom stereocenters. The van der Waals surface area contributed by atoms with Crippen LogP contribution in [0, 0.1) is 6.92 Å². The first-order chi connectivity index (χ1) is 7.00. The average Bonchev–Trinajstić information content (AvgIpc) is 2.18. The van der Waals surface area contributed by atoms with E-state index >= 15 is 0 Å². The zero-order valence-corrected chi connectivity index (χ0v) is 10.3. The van der Waals surface area contributed by atoms with Crippen LogP contribution in [0.15, 0.2) is 28.7 Å². The van der Waals surface area contributed by atoms with E-state index in [0.717, 1.165) is 21.2 Å². The van der Waals surface area contributed by atoms with Gasteiger partial charge >= 0.3 is 5.97 Å². The maximum absolute atomic E-state index is 10.4. The number of aliphatic carboxylic acids is 1. The number of aryl methyl sites for hydroxylation is 1. The van der Waals surface area contributed by atoms with Gasteiger partial charge in [0, 0.05) is 4.47 Å².